The van der Waals surface area contributed by atoms with Gasteiger partial charge in [-0.05, 0) is 35.8 Å². The van der Waals surface area contributed by atoms with Gasteiger partial charge in [0.15, 0.2) is 0 Å². The number of rotatable bonds is 5. The first-order chi connectivity index (χ1) is 8.94. The Morgan fingerprint density at radius 3 is 2.84 bits per heavy atom. The lowest BCUT2D eigenvalue weighted by molar-refractivity contribution is 0.575. The number of hydrogen-bond acceptors (Lipinski definition) is 5. The minimum absolute atomic E-state index is 0.128. The van der Waals surface area contributed by atoms with Gasteiger partial charge in [-0.2, -0.15) is 0 Å². The fourth-order valence-electron chi connectivity index (χ4n) is 1.61. The first-order valence-electron chi connectivity index (χ1n) is 5.56. The van der Waals surface area contributed by atoms with E-state index in [0.29, 0.717) is 17.3 Å². The van der Waals surface area contributed by atoms with Crippen LogP contribution in [0.3, 0.4) is 0 Å². The highest BCUT2D eigenvalue weighted by Crippen LogP contribution is 2.29. The van der Waals surface area contributed by atoms with Crippen molar-refractivity contribution in [3.63, 3.8) is 0 Å². The van der Waals surface area contributed by atoms with E-state index in [9.17, 15) is 8.42 Å². The third-order valence-electron chi connectivity index (χ3n) is 2.59. The average Bonchev–Trinajstić information content (AvgIpc) is 2.93. The molecule has 0 unspecified atom stereocenters. The van der Waals surface area contributed by atoms with Crippen LogP contribution in [-0.4, -0.2) is 23.2 Å². The van der Waals surface area contributed by atoms with Crippen LogP contribution < -0.4 is 4.72 Å². The van der Waals surface area contributed by atoms with Gasteiger partial charge in [0, 0.05) is 11.4 Å². The first kappa shape index (κ1) is 14.6. The minimum Gasteiger partial charge on any atom is -0.317 e. The van der Waals surface area contributed by atoms with Crippen LogP contribution in [0.25, 0.3) is 0 Å². The molecule has 2 aromatic rings. The Bertz CT molecular complexity index is 678. The van der Waals surface area contributed by atoms with Crippen molar-refractivity contribution in [1.82, 2.24) is 19.5 Å². The Morgan fingerprint density at radius 1 is 1.53 bits per heavy atom. The van der Waals surface area contributed by atoms with Gasteiger partial charge >= 0.3 is 0 Å². The van der Waals surface area contributed by atoms with Crippen molar-refractivity contribution in [2.45, 2.75) is 31.8 Å². The van der Waals surface area contributed by atoms with Crippen molar-refractivity contribution in [2.24, 2.45) is 0 Å². The van der Waals surface area contributed by atoms with Crippen molar-refractivity contribution >= 4 is 37.3 Å². The molecule has 0 radical (unpaired) electrons. The van der Waals surface area contributed by atoms with Gasteiger partial charge in [-0.1, -0.05) is 0 Å². The second kappa shape index (κ2) is 5.70. The Morgan fingerprint density at radius 2 is 2.26 bits per heavy atom. The van der Waals surface area contributed by atoms with E-state index in [1.165, 1.54) is 11.3 Å². The molecular formula is C10H13BrN4O2S2. The molecule has 0 aliphatic carbocycles. The molecule has 2 rings (SSSR count). The monoisotopic (exact) mass is 364 g/mol. The van der Waals surface area contributed by atoms with Gasteiger partial charge in [-0.25, -0.2) is 13.1 Å². The molecule has 2 aromatic heterocycles. The van der Waals surface area contributed by atoms with Gasteiger partial charge in [0.25, 0.3) is 0 Å². The molecule has 9 heteroatoms. The standard InChI is InChI=1S/C10H13BrN4O2S2/c1-3-15-6-12-14-10(15)5-13-19(16,17)8-4-9(11)18-7(8)2/h4,6,13H,3,5H2,1-2H3. The molecule has 0 saturated carbocycles. The normalized spacial score (nSPS) is 11.9. The summed E-state index contributed by atoms with van der Waals surface area (Å²) < 4.78 is 29.5. The molecule has 19 heavy (non-hydrogen) atoms. The smallest absolute Gasteiger partial charge is 0.242 e. The molecule has 0 bridgehead atoms. The van der Waals surface area contributed by atoms with Crippen LogP contribution in [0.4, 0.5) is 0 Å². The third kappa shape index (κ3) is 3.22. The fraction of sp³-hybridized carbons (Fsp3) is 0.400. The summed E-state index contributed by atoms with van der Waals surface area (Å²) in [5, 5.41) is 7.65. The largest absolute Gasteiger partial charge is 0.317 e. The Kier molecular flexibility index (Phi) is 4.39. The second-order valence-electron chi connectivity index (χ2n) is 3.83. The van der Waals surface area contributed by atoms with Crippen LogP contribution in [0.1, 0.15) is 17.6 Å². The zero-order chi connectivity index (χ0) is 14.0. The summed E-state index contributed by atoms with van der Waals surface area (Å²) >= 11 is 4.68. The molecule has 2 heterocycles. The van der Waals surface area contributed by atoms with E-state index in [1.54, 1.807) is 23.9 Å². The molecule has 0 aliphatic rings. The zero-order valence-corrected chi connectivity index (χ0v) is 13.6. The van der Waals surface area contributed by atoms with Gasteiger partial charge in [-0.3, -0.25) is 0 Å². The van der Waals surface area contributed by atoms with Crippen molar-refractivity contribution in [3.05, 3.63) is 26.9 Å². The number of nitrogens with zero attached hydrogens (tertiary/aromatic N) is 3. The number of nitrogens with one attached hydrogen (secondary N) is 1. The predicted molar refractivity (Wildman–Crippen MR) is 76.5 cm³/mol. The van der Waals surface area contributed by atoms with Crippen molar-refractivity contribution in [1.29, 1.82) is 0 Å². The molecule has 0 fully saturated rings. The van der Waals surface area contributed by atoms with E-state index in [0.717, 1.165) is 8.66 Å². The molecule has 0 saturated heterocycles. The predicted octanol–water partition coefficient (Wildman–Crippen LogP) is 1.91. The maximum absolute atomic E-state index is 12.2. The number of aryl methyl sites for hydroxylation is 2. The minimum atomic E-state index is -3.52. The highest BCUT2D eigenvalue weighted by molar-refractivity contribution is 9.11. The van der Waals surface area contributed by atoms with E-state index in [2.05, 4.69) is 30.8 Å². The molecule has 0 aromatic carbocycles. The average molecular weight is 365 g/mol. The molecule has 6 nitrogen and oxygen atoms in total. The highest BCUT2D eigenvalue weighted by Gasteiger charge is 2.20. The number of halogens is 1. The molecule has 0 spiro atoms. The lowest BCUT2D eigenvalue weighted by atomic mass is 10.5. The zero-order valence-electron chi connectivity index (χ0n) is 10.4. The summed E-state index contributed by atoms with van der Waals surface area (Å²) in [4.78, 5) is 1.04. The molecule has 0 atom stereocenters. The summed E-state index contributed by atoms with van der Waals surface area (Å²) in [6.45, 7) is 4.55. The molecule has 0 aliphatic heterocycles. The summed E-state index contributed by atoms with van der Waals surface area (Å²) in [5.74, 6) is 0.595. The Balaban J connectivity index is 2.17. The SMILES string of the molecule is CCn1cnnc1CNS(=O)(=O)c1cc(Br)sc1C. The third-order valence-corrected chi connectivity index (χ3v) is 5.80. The Hall–Kier alpha value is -0.770. The van der Waals surface area contributed by atoms with E-state index in [4.69, 9.17) is 0 Å². The van der Waals surface area contributed by atoms with E-state index in [-0.39, 0.29) is 6.54 Å². The van der Waals surface area contributed by atoms with Crippen molar-refractivity contribution in [3.8, 4) is 0 Å². The molecular weight excluding hydrogens is 352 g/mol. The number of hydrogen-bond donors (Lipinski definition) is 1. The van der Waals surface area contributed by atoms with Gasteiger partial charge in [-0.15, -0.1) is 21.5 Å². The second-order valence-corrected chi connectivity index (χ2v) is 8.20. The highest BCUT2D eigenvalue weighted by atomic mass is 79.9. The van der Waals surface area contributed by atoms with Crippen molar-refractivity contribution in [2.75, 3.05) is 0 Å². The fourth-order valence-corrected chi connectivity index (χ4v) is 5.01. The topological polar surface area (TPSA) is 76.9 Å². The van der Waals surface area contributed by atoms with Crippen LogP contribution in [0.15, 0.2) is 21.1 Å². The summed E-state index contributed by atoms with van der Waals surface area (Å²) in [6, 6.07) is 1.60. The summed E-state index contributed by atoms with van der Waals surface area (Å²) in [7, 11) is -3.52. The summed E-state index contributed by atoms with van der Waals surface area (Å²) in [6.07, 6.45) is 1.58. The number of thiophene rings is 1. The van der Waals surface area contributed by atoms with Crippen molar-refractivity contribution < 1.29 is 8.42 Å². The van der Waals surface area contributed by atoms with Gasteiger partial charge in [0.05, 0.1) is 15.2 Å². The maximum Gasteiger partial charge on any atom is 0.242 e. The summed E-state index contributed by atoms with van der Waals surface area (Å²) in [5.41, 5.74) is 0. The molecule has 0 amide bonds. The molecule has 1 N–H and O–H groups in total. The first-order valence-corrected chi connectivity index (χ1v) is 8.65. The van der Waals surface area contributed by atoms with Crippen LogP contribution in [0.5, 0.6) is 0 Å². The number of aromatic nitrogens is 3. The van der Waals surface area contributed by atoms with E-state index in [1.807, 2.05) is 6.92 Å². The van der Waals surface area contributed by atoms with Gasteiger partial charge in [0.1, 0.15) is 12.2 Å². The van der Waals surface area contributed by atoms with Crippen LogP contribution >= 0.6 is 27.3 Å². The quantitative estimate of drug-likeness (QED) is 0.878. The van der Waals surface area contributed by atoms with Crippen LogP contribution in [0, 0.1) is 6.92 Å². The Labute approximate surface area is 124 Å². The van der Waals surface area contributed by atoms with Crippen LogP contribution in [0.2, 0.25) is 0 Å². The van der Waals surface area contributed by atoms with Gasteiger partial charge < -0.3 is 4.57 Å². The maximum atomic E-state index is 12.2. The lowest BCUT2D eigenvalue weighted by Crippen LogP contribution is -2.25. The van der Waals surface area contributed by atoms with E-state index >= 15 is 0 Å². The lowest BCUT2D eigenvalue weighted by Gasteiger charge is -2.06. The van der Waals surface area contributed by atoms with E-state index < -0.39 is 10.0 Å². The van der Waals surface area contributed by atoms with Crippen LogP contribution in [-0.2, 0) is 23.1 Å². The molecule has 104 valence electrons. The van der Waals surface area contributed by atoms with Gasteiger partial charge in [0.2, 0.25) is 10.0 Å². The number of sulfonamides is 1.